The van der Waals surface area contributed by atoms with E-state index in [1.165, 1.54) is 0 Å². The number of hydrogen-bond donors (Lipinski definition) is 1. The van der Waals surface area contributed by atoms with Crippen LogP contribution in [0.4, 0.5) is 5.82 Å². The lowest BCUT2D eigenvalue weighted by Gasteiger charge is -2.24. The maximum atomic E-state index is 13.6. The third-order valence-corrected chi connectivity index (χ3v) is 7.13. The first-order valence-electron chi connectivity index (χ1n) is 14.0. The van der Waals surface area contributed by atoms with Crippen molar-refractivity contribution in [1.82, 2.24) is 14.7 Å². The van der Waals surface area contributed by atoms with Crippen LogP contribution in [-0.4, -0.2) is 39.6 Å². The lowest BCUT2D eigenvalue weighted by molar-refractivity contribution is -0.116. The predicted octanol–water partition coefficient (Wildman–Crippen LogP) is 7.33. The molecule has 0 aliphatic carbocycles. The SMILES string of the molecule is CCCCN(CC(=O)Nc1c(-c2ccccc2)c(C)nn1-c1ccccc1C)C(=O)c1ccc(C(C)(C)C)cc1. The zero-order valence-electron chi connectivity index (χ0n) is 24.5. The standard InChI is InChI=1S/C34H40N4O2/c1-7-8-22-37(33(40)27-18-20-28(21-19-27)34(4,5)6)23-30(39)35-32-31(26-15-10-9-11-16-26)25(3)36-38(32)29-17-13-12-14-24(29)2/h9-21H,7-8,22-23H2,1-6H3,(H,35,39). The van der Waals surface area contributed by atoms with Gasteiger partial charge in [-0.1, -0.05) is 94.8 Å². The molecular formula is C34H40N4O2. The van der Waals surface area contributed by atoms with Gasteiger partial charge in [0.05, 0.1) is 11.4 Å². The first kappa shape index (κ1) is 28.8. The van der Waals surface area contributed by atoms with E-state index >= 15 is 0 Å². The Kier molecular flexibility index (Phi) is 8.88. The Morgan fingerprint density at radius 2 is 1.55 bits per heavy atom. The number of aryl methyl sites for hydroxylation is 2. The summed E-state index contributed by atoms with van der Waals surface area (Å²) in [7, 11) is 0. The van der Waals surface area contributed by atoms with Gasteiger partial charge < -0.3 is 10.2 Å². The van der Waals surface area contributed by atoms with E-state index in [0.717, 1.165) is 46.5 Å². The molecule has 0 radical (unpaired) electrons. The first-order valence-corrected chi connectivity index (χ1v) is 14.0. The summed E-state index contributed by atoms with van der Waals surface area (Å²) in [4.78, 5) is 28.8. The van der Waals surface area contributed by atoms with Gasteiger partial charge in [0, 0.05) is 17.7 Å². The molecule has 2 amide bonds. The maximum Gasteiger partial charge on any atom is 0.254 e. The Hall–Kier alpha value is -4.19. The van der Waals surface area contributed by atoms with E-state index < -0.39 is 0 Å². The highest BCUT2D eigenvalue weighted by Crippen LogP contribution is 2.34. The topological polar surface area (TPSA) is 67.2 Å². The molecule has 0 unspecified atom stereocenters. The van der Waals surface area contributed by atoms with Crippen LogP contribution in [0.1, 0.15) is 67.7 Å². The van der Waals surface area contributed by atoms with Crippen LogP contribution in [0.2, 0.25) is 0 Å². The molecule has 6 nitrogen and oxygen atoms in total. The Balaban J connectivity index is 1.66. The summed E-state index contributed by atoms with van der Waals surface area (Å²) in [5.74, 6) is 0.194. The maximum absolute atomic E-state index is 13.6. The van der Waals surface area contributed by atoms with E-state index in [4.69, 9.17) is 5.10 Å². The van der Waals surface area contributed by atoms with Crippen LogP contribution < -0.4 is 5.32 Å². The van der Waals surface area contributed by atoms with Gasteiger partial charge in [0.25, 0.3) is 5.91 Å². The summed E-state index contributed by atoms with van der Waals surface area (Å²) < 4.78 is 1.80. The number of unbranched alkanes of at least 4 members (excludes halogenated alkanes) is 1. The summed E-state index contributed by atoms with van der Waals surface area (Å²) in [5.41, 5.74) is 6.31. The Labute approximate surface area is 238 Å². The number of carbonyl (C=O) groups excluding carboxylic acids is 2. The fourth-order valence-electron chi connectivity index (χ4n) is 4.81. The number of aromatic nitrogens is 2. The van der Waals surface area contributed by atoms with Crippen molar-refractivity contribution in [2.45, 2.75) is 59.8 Å². The van der Waals surface area contributed by atoms with Crippen LogP contribution in [0.3, 0.4) is 0 Å². The monoisotopic (exact) mass is 536 g/mol. The molecule has 0 aliphatic heterocycles. The second-order valence-corrected chi connectivity index (χ2v) is 11.3. The largest absolute Gasteiger partial charge is 0.329 e. The molecule has 0 bridgehead atoms. The van der Waals surface area contributed by atoms with Crippen molar-refractivity contribution in [1.29, 1.82) is 0 Å². The van der Waals surface area contributed by atoms with Gasteiger partial charge in [0.1, 0.15) is 12.4 Å². The highest BCUT2D eigenvalue weighted by Gasteiger charge is 2.24. The molecule has 0 atom stereocenters. The van der Waals surface area contributed by atoms with E-state index in [-0.39, 0.29) is 23.8 Å². The Bertz CT molecular complexity index is 1460. The molecule has 0 fully saturated rings. The van der Waals surface area contributed by atoms with Gasteiger partial charge in [-0.2, -0.15) is 5.10 Å². The lowest BCUT2D eigenvalue weighted by atomic mass is 9.86. The fraction of sp³-hybridized carbons (Fsp3) is 0.324. The summed E-state index contributed by atoms with van der Waals surface area (Å²) in [6.07, 6.45) is 1.74. The molecule has 4 aromatic rings. The number of para-hydroxylation sites is 1. The van der Waals surface area contributed by atoms with Crippen LogP contribution in [0.5, 0.6) is 0 Å². The number of carbonyl (C=O) groups is 2. The summed E-state index contributed by atoms with van der Waals surface area (Å²) in [6, 6.07) is 25.6. The van der Waals surface area contributed by atoms with Gasteiger partial charge in [0.15, 0.2) is 0 Å². The number of anilines is 1. The minimum atomic E-state index is -0.261. The van der Waals surface area contributed by atoms with Gasteiger partial charge in [-0.25, -0.2) is 4.68 Å². The third-order valence-electron chi connectivity index (χ3n) is 7.13. The van der Waals surface area contributed by atoms with Crippen molar-refractivity contribution in [2.75, 3.05) is 18.4 Å². The molecule has 0 saturated heterocycles. The molecule has 4 rings (SSSR count). The third kappa shape index (κ3) is 6.50. The highest BCUT2D eigenvalue weighted by molar-refractivity contribution is 6.01. The highest BCUT2D eigenvalue weighted by atomic mass is 16.2. The lowest BCUT2D eigenvalue weighted by Crippen LogP contribution is -2.39. The molecule has 40 heavy (non-hydrogen) atoms. The van der Waals surface area contributed by atoms with E-state index in [0.29, 0.717) is 17.9 Å². The number of amides is 2. The zero-order chi connectivity index (χ0) is 28.9. The van der Waals surface area contributed by atoms with Crippen LogP contribution in [0.25, 0.3) is 16.8 Å². The van der Waals surface area contributed by atoms with Crippen molar-refractivity contribution >= 4 is 17.6 Å². The fourth-order valence-corrected chi connectivity index (χ4v) is 4.81. The van der Waals surface area contributed by atoms with Crippen LogP contribution in [-0.2, 0) is 10.2 Å². The molecule has 0 saturated carbocycles. The van der Waals surface area contributed by atoms with Crippen molar-refractivity contribution in [2.24, 2.45) is 0 Å². The summed E-state index contributed by atoms with van der Waals surface area (Å²) in [5, 5.41) is 7.97. The van der Waals surface area contributed by atoms with Crippen molar-refractivity contribution in [3.63, 3.8) is 0 Å². The molecule has 6 heteroatoms. The van der Waals surface area contributed by atoms with Crippen molar-refractivity contribution in [3.8, 4) is 16.8 Å². The number of benzene rings is 3. The van der Waals surface area contributed by atoms with Crippen LogP contribution in [0.15, 0.2) is 78.9 Å². The molecule has 3 aromatic carbocycles. The van der Waals surface area contributed by atoms with Gasteiger partial charge in [-0.15, -0.1) is 0 Å². The van der Waals surface area contributed by atoms with Gasteiger partial charge in [-0.3, -0.25) is 9.59 Å². The molecule has 1 aromatic heterocycles. The van der Waals surface area contributed by atoms with Crippen molar-refractivity contribution < 1.29 is 9.59 Å². The predicted molar refractivity (Wildman–Crippen MR) is 163 cm³/mol. The summed E-state index contributed by atoms with van der Waals surface area (Å²) >= 11 is 0. The van der Waals surface area contributed by atoms with E-state index in [2.05, 4.69) is 33.0 Å². The van der Waals surface area contributed by atoms with Gasteiger partial charge in [-0.05, 0) is 60.6 Å². The quantitative estimate of drug-likeness (QED) is 0.243. The number of rotatable bonds is 9. The van der Waals surface area contributed by atoms with E-state index in [9.17, 15) is 9.59 Å². The first-order chi connectivity index (χ1) is 19.1. The average molecular weight is 537 g/mol. The Morgan fingerprint density at radius 1 is 0.900 bits per heavy atom. The molecule has 1 heterocycles. The normalized spacial score (nSPS) is 11.3. The minimum Gasteiger partial charge on any atom is -0.329 e. The summed E-state index contributed by atoms with van der Waals surface area (Å²) in [6.45, 7) is 13.0. The van der Waals surface area contributed by atoms with Crippen molar-refractivity contribution in [3.05, 3.63) is 101 Å². The second-order valence-electron chi connectivity index (χ2n) is 11.3. The van der Waals surface area contributed by atoms with Crippen LogP contribution in [0, 0.1) is 13.8 Å². The smallest absolute Gasteiger partial charge is 0.254 e. The molecule has 0 aliphatic rings. The molecular weight excluding hydrogens is 496 g/mol. The number of nitrogens with one attached hydrogen (secondary N) is 1. The molecule has 1 N–H and O–H groups in total. The number of hydrogen-bond acceptors (Lipinski definition) is 3. The molecule has 0 spiro atoms. The second kappa shape index (κ2) is 12.3. The Morgan fingerprint density at radius 3 is 2.17 bits per heavy atom. The molecule has 208 valence electrons. The van der Waals surface area contributed by atoms with Gasteiger partial charge >= 0.3 is 0 Å². The number of nitrogens with zero attached hydrogens (tertiary/aromatic N) is 3. The van der Waals surface area contributed by atoms with E-state index in [1.807, 2.05) is 92.7 Å². The van der Waals surface area contributed by atoms with Gasteiger partial charge in [0.2, 0.25) is 5.91 Å². The van der Waals surface area contributed by atoms with Crippen LogP contribution >= 0.6 is 0 Å². The van der Waals surface area contributed by atoms with E-state index in [1.54, 1.807) is 9.58 Å². The zero-order valence-corrected chi connectivity index (χ0v) is 24.5. The average Bonchev–Trinajstić information content (AvgIpc) is 3.25. The minimum absolute atomic E-state index is 0.00197.